The van der Waals surface area contributed by atoms with E-state index < -0.39 is 0 Å². The molecule has 0 fully saturated rings. The van der Waals surface area contributed by atoms with Crippen molar-refractivity contribution in [2.24, 2.45) is 4.99 Å². The van der Waals surface area contributed by atoms with E-state index in [0.717, 1.165) is 29.2 Å². The van der Waals surface area contributed by atoms with Crippen molar-refractivity contribution in [2.45, 2.75) is 33.2 Å². The molecule has 1 atom stereocenters. The first-order valence-electron chi connectivity index (χ1n) is 8.18. The van der Waals surface area contributed by atoms with E-state index in [1.54, 1.807) is 24.5 Å². The second-order valence-electron chi connectivity index (χ2n) is 5.75. The molecule has 0 aliphatic heterocycles. The number of benzene rings is 1. The van der Waals surface area contributed by atoms with Gasteiger partial charge >= 0.3 is 0 Å². The van der Waals surface area contributed by atoms with Gasteiger partial charge in [-0.05, 0) is 38.5 Å². The van der Waals surface area contributed by atoms with Crippen molar-refractivity contribution in [3.63, 3.8) is 0 Å². The second-order valence-corrected chi connectivity index (χ2v) is 7.04. The highest BCUT2D eigenvalue weighted by Gasteiger charge is 2.11. The number of aliphatic imine (C=N–C) groups is 1. The van der Waals surface area contributed by atoms with E-state index in [9.17, 15) is 4.39 Å². The van der Waals surface area contributed by atoms with Gasteiger partial charge in [-0.15, -0.1) is 11.3 Å². The third kappa shape index (κ3) is 5.16. The Bertz CT molecular complexity index is 745. The minimum Gasteiger partial charge on any atom is -0.494 e. The van der Waals surface area contributed by atoms with Crippen LogP contribution in [0.5, 0.6) is 5.75 Å². The van der Waals surface area contributed by atoms with Crippen LogP contribution < -0.4 is 15.4 Å². The number of halogens is 1. The minimum atomic E-state index is -0.368. The molecule has 136 valence electrons. The second kappa shape index (κ2) is 8.80. The van der Waals surface area contributed by atoms with Crippen molar-refractivity contribution in [1.29, 1.82) is 0 Å². The van der Waals surface area contributed by atoms with E-state index >= 15 is 0 Å². The van der Waals surface area contributed by atoms with Crippen molar-refractivity contribution >= 4 is 17.3 Å². The zero-order valence-corrected chi connectivity index (χ0v) is 16.1. The van der Waals surface area contributed by atoms with Crippen molar-refractivity contribution in [1.82, 2.24) is 15.6 Å². The van der Waals surface area contributed by atoms with Crippen LogP contribution in [0.4, 0.5) is 4.39 Å². The van der Waals surface area contributed by atoms with E-state index in [2.05, 4.69) is 20.6 Å². The number of nitrogens with zero attached hydrogens (tertiary/aromatic N) is 2. The standard InChI is InChI=1S/C18H25FN4OS/c1-11(14-6-7-16(24-5)15(19)10-14)23-18(20-4)21-9-8-17-12(2)22-13(3)25-17/h6-7,10-11H,8-9H2,1-5H3,(H2,20,21,23). The lowest BCUT2D eigenvalue weighted by molar-refractivity contribution is 0.386. The molecule has 1 aromatic carbocycles. The van der Waals surface area contributed by atoms with Crippen LogP contribution in [-0.2, 0) is 6.42 Å². The summed E-state index contributed by atoms with van der Waals surface area (Å²) >= 11 is 1.72. The van der Waals surface area contributed by atoms with Gasteiger partial charge < -0.3 is 15.4 Å². The van der Waals surface area contributed by atoms with Gasteiger partial charge in [-0.2, -0.15) is 0 Å². The van der Waals surface area contributed by atoms with Crippen LogP contribution in [0.15, 0.2) is 23.2 Å². The normalized spacial score (nSPS) is 12.8. The summed E-state index contributed by atoms with van der Waals surface area (Å²) in [6, 6.07) is 4.87. The molecule has 0 saturated carbocycles. The van der Waals surface area contributed by atoms with Gasteiger partial charge in [0.15, 0.2) is 17.5 Å². The van der Waals surface area contributed by atoms with Gasteiger partial charge in [-0.1, -0.05) is 6.07 Å². The number of guanidine groups is 1. The third-order valence-electron chi connectivity index (χ3n) is 3.90. The molecule has 5 nitrogen and oxygen atoms in total. The summed E-state index contributed by atoms with van der Waals surface area (Å²) in [6.07, 6.45) is 0.892. The molecule has 2 aromatic rings. The summed E-state index contributed by atoms with van der Waals surface area (Å²) in [7, 11) is 3.18. The summed E-state index contributed by atoms with van der Waals surface area (Å²) in [5, 5.41) is 7.65. The van der Waals surface area contributed by atoms with Gasteiger partial charge in [0.05, 0.1) is 23.9 Å². The summed E-state index contributed by atoms with van der Waals surface area (Å²) in [6.45, 7) is 6.77. The Morgan fingerprint density at radius 1 is 1.40 bits per heavy atom. The first kappa shape index (κ1) is 19.2. The molecule has 7 heteroatoms. The molecular weight excluding hydrogens is 339 g/mol. The fourth-order valence-corrected chi connectivity index (χ4v) is 3.47. The fraction of sp³-hybridized carbons (Fsp3) is 0.444. The summed E-state index contributed by atoms with van der Waals surface area (Å²) in [5.41, 5.74) is 1.92. The van der Waals surface area contributed by atoms with Gasteiger partial charge in [0.25, 0.3) is 0 Å². The Morgan fingerprint density at radius 3 is 2.72 bits per heavy atom. The van der Waals surface area contributed by atoms with Crippen molar-refractivity contribution in [3.8, 4) is 5.75 Å². The Morgan fingerprint density at radius 2 is 2.16 bits per heavy atom. The van der Waals surface area contributed by atoms with Crippen LogP contribution in [0.1, 0.15) is 34.1 Å². The Balaban J connectivity index is 1.90. The molecule has 0 saturated heterocycles. The van der Waals surface area contributed by atoms with E-state index in [1.165, 1.54) is 18.1 Å². The largest absolute Gasteiger partial charge is 0.494 e. The minimum absolute atomic E-state index is 0.0843. The van der Waals surface area contributed by atoms with Gasteiger partial charge in [0.1, 0.15) is 0 Å². The van der Waals surface area contributed by atoms with Crippen LogP contribution in [0.3, 0.4) is 0 Å². The molecule has 1 heterocycles. The highest BCUT2D eigenvalue weighted by Crippen LogP contribution is 2.21. The number of nitrogens with one attached hydrogen (secondary N) is 2. The number of hydrogen-bond donors (Lipinski definition) is 2. The van der Waals surface area contributed by atoms with E-state index in [1.807, 2.05) is 26.8 Å². The maximum absolute atomic E-state index is 13.9. The molecule has 1 unspecified atom stereocenters. The highest BCUT2D eigenvalue weighted by atomic mass is 32.1. The first-order chi connectivity index (χ1) is 11.9. The summed E-state index contributed by atoms with van der Waals surface area (Å²) in [5.74, 6) is 0.559. The van der Waals surface area contributed by atoms with Crippen molar-refractivity contribution in [3.05, 3.63) is 45.2 Å². The number of aromatic nitrogens is 1. The average Bonchev–Trinajstić information content (AvgIpc) is 2.91. The number of ether oxygens (including phenoxy) is 1. The quantitative estimate of drug-likeness (QED) is 0.609. The number of aryl methyl sites for hydroxylation is 2. The Labute approximate surface area is 152 Å². The average molecular weight is 364 g/mol. The molecular formula is C18H25FN4OS. The molecule has 25 heavy (non-hydrogen) atoms. The van der Waals surface area contributed by atoms with Crippen LogP contribution in [0.2, 0.25) is 0 Å². The molecule has 0 aliphatic carbocycles. The lowest BCUT2D eigenvalue weighted by atomic mass is 10.1. The predicted molar refractivity (Wildman–Crippen MR) is 101 cm³/mol. The smallest absolute Gasteiger partial charge is 0.191 e. The molecule has 0 bridgehead atoms. The first-order valence-corrected chi connectivity index (χ1v) is 8.99. The topological polar surface area (TPSA) is 58.5 Å². The molecule has 0 amide bonds. The van der Waals surface area contributed by atoms with Gasteiger partial charge in [0, 0.05) is 24.9 Å². The Hall–Kier alpha value is -2.15. The zero-order valence-electron chi connectivity index (χ0n) is 15.3. The predicted octanol–water partition coefficient (Wildman–Crippen LogP) is 3.38. The van der Waals surface area contributed by atoms with E-state index in [4.69, 9.17) is 4.74 Å². The van der Waals surface area contributed by atoms with Crippen LogP contribution in [0, 0.1) is 19.7 Å². The lowest BCUT2D eigenvalue weighted by Gasteiger charge is -2.18. The number of hydrogen-bond acceptors (Lipinski definition) is 4. The fourth-order valence-electron chi connectivity index (χ4n) is 2.53. The molecule has 0 radical (unpaired) electrons. The molecule has 2 N–H and O–H groups in total. The van der Waals surface area contributed by atoms with Gasteiger partial charge in [-0.25, -0.2) is 9.37 Å². The third-order valence-corrected chi connectivity index (χ3v) is 5.03. The van der Waals surface area contributed by atoms with Gasteiger partial charge in [0.2, 0.25) is 0 Å². The molecule has 0 spiro atoms. The zero-order chi connectivity index (χ0) is 18.4. The van der Waals surface area contributed by atoms with Crippen LogP contribution in [-0.4, -0.2) is 31.6 Å². The molecule has 0 aliphatic rings. The van der Waals surface area contributed by atoms with Crippen LogP contribution in [0.25, 0.3) is 0 Å². The van der Waals surface area contributed by atoms with E-state index in [0.29, 0.717) is 5.96 Å². The highest BCUT2D eigenvalue weighted by molar-refractivity contribution is 7.11. The number of methoxy groups -OCH3 is 1. The number of rotatable bonds is 6. The molecule has 2 rings (SSSR count). The lowest BCUT2D eigenvalue weighted by Crippen LogP contribution is -2.39. The molecule has 1 aromatic heterocycles. The number of thiazole rings is 1. The SMILES string of the molecule is CN=C(NCCc1sc(C)nc1C)NC(C)c1ccc(OC)c(F)c1. The monoisotopic (exact) mass is 364 g/mol. The van der Waals surface area contributed by atoms with E-state index in [-0.39, 0.29) is 17.6 Å². The summed E-state index contributed by atoms with van der Waals surface area (Å²) in [4.78, 5) is 9.95. The summed E-state index contributed by atoms with van der Waals surface area (Å²) < 4.78 is 18.8. The Kier molecular flexibility index (Phi) is 6.75. The van der Waals surface area contributed by atoms with Crippen molar-refractivity contribution < 1.29 is 9.13 Å². The van der Waals surface area contributed by atoms with Crippen LogP contribution >= 0.6 is 11.3 Å². The van der Waals surface area contributed by atoms with Crippen molar-refractivity contribution in [2.75, 3.05) is 20.7 Å². The van der Waals surface area contributed by atoms with Gasteiger partial charge in [-0.3, -0.25) is 4.99 Å². The maximum atomic E-state index is 13.9. The maximum Gasteiger partial charge on any atom is 0.191 e.